The molecule has 0 amide bonds. The van der Waals surface area contributed by atoms with Crippen LogP contribution in [-0.2, 0) is 6.54 Å². The number of rotatable bonds is 5. The molecule has 4 rings (SSSR count). The lowest BCUT2D eigenvalue weighted by Gasteiger charge is -2.22. The molecule has 1 atom stereocenters. The second-order valence-corrected chi connectivity index (χ2v) is 6.52. The van der Waals surface area contributed by atoms with Crippen molar-refractivity contribution in [3.8, 4) is 0 Å². The van der Waals surface area contributed by atoms with Gasteiger partial charge in [0.05, 0.1) is 28.6 Å². The van der Waals surface area contributed by atoms with Crippen molar-refractivity contribution >= 4 is 17.1 Å². The van der Waals surface area contributed by atoms with Crippen LogP contribution < -0.4 is 5.01 Å². The quantitative estimate of drug-likeness (QED) is 0.489. The Morgan fingerprint density at radius 3 is 2.50 bits per heavy atom. The SMILES string of the molecule is CCn1cc(C2CC(c3ccc(F)cc3)=NN2c2ccc([N+](=O)[O-])cc2)cn1. The molecule has 0 bridgehead atoms. The van der Waals surface area contributed by atoms with Gasteiger partial charge >= 0.3 is 0 Å². The Labute approximate surface area is 160 Å². The highest BCUT2D eigenvalue weighted by Crippen LogP contribution is 2.37. The first-order valence-electron chi connectivity index (χ1n) is 8.94. The fourth-order valence-corrected chi connectivity index (χ4v) is 3.28. The van der Waals surface area contributed by atoms with Gasteiger partial charge in [-0.25, -0.2) is 4.39 Å². The molecule has 0 spiro atoms. The Balaban J connectivity index is 1.72. The van der Waals surface area contributed by atoms with Gasteiger partial charge in [0.25, 0.3) is 5.69 Å². The lowest BCUT2D eigenvalue weighted by atomic mass is 10.0. The number of anilines is 1. The smallest absolute Gasteiger partial charge is 0.269 e. The summed E-state index contributed by atoms with van der Waals surface area (Å²) in [6.45, 7) is 2.77. The van der Waals surface area contributed by atoms with E-state index in [4.69, 9.17) is 5.10 Å². The van der Waals surface area contributed by atoms with E-state index in [-0.39, 0.29) is 17.5 Å². The van der Waals surface area contributed by atoms with Crippen molar-refractivity contribution in [1.29, 1.82) is 0 Å². The molecule has 2 aromatic carbocycles. The van der Waals surface area contributed by atoms with E-state index in [1.807, 2.05) is 29.0 Å². The van der Waals surface area contributed by atoms with Gasteiger partial charge in [0.1, 0.15) is 5.82 Å². The third-order valence-corrected chi connectivity index (χ3v) is 4.77. The van der Waals surface area contributed by atoms with E-state index in [9.17, 15) is 14.5 Å². The molecule has 1 aliphatic heterocycles. The minimum atomic E-state index is -0.427. The summed E-state index contributed by atoms with van der Waals surface area (Å²) in [5.41, 5.74) is 3.45. The van der Waals surface area contributed by atoms with Crippen molar-refractivity contribution in [2.24, 2.45) is 5.10 Å². The molecule has 1 unspecified atom stereocenters. The van der Waals surface area contributed by atoms with E-state index in [1.54, 1.807) is 24.3 Å². The highest BCUT2D eigenvalue weighted by molar-refractivity contribution is 6.03. The summed E-state index contributed by atoms with van der Waals surface area (Å²) in [5, 5.41) is 21.9. The van der Waals surface area contributed by atoms with Crippen molar-refractivity contribution in [1.82, 2.24) is 9.78 Å². The molecule has 8 heteroatoms. The molecule has 0 N–H and O–H groups in total. The standard InChI is InChI=1S/C20H18FN5O2/c1-2-24-13-15(12-22-24)20-11-19(14-3-5-16(21)6-4-14)23-25(20)17-7-9-18(10-8-17)26(27)28/h3-10,12-13,20H,2,11H2,1H3. The number of nitro benzene ring substituents is 1. The number of nitrogens with zero attached hydrogens (tertiary/aromatic N) is 5. The molecule has 3 aromatic rings. The Morgan fingerprint density at radius 1 is 1.18 bits per heavy atom. The fraction of sp³-hybridized carbons (Fsp3) is 0.200. The van der Waals surface area contributed by atoms with Crippen LogP contribution in [0.4, 0.5) is 15.8 Å². The summed E-state index contributed by atoms with van der Waals surface area (Å²) >= 11 is 0. The van der Waals surface area contributed by atoms with Crippen LogP contribution in [-0.4, -0.2) is 20.4 Å². The molecule has 7 nitrogen and oxygen atoms in total. The molecule has 0 saturated heterocycles. The first-order valence-corrected chi connectivity index (χ1v) is 8.94. The largest absolute Gasteiger partial charge is 0.273 e. The van der Waals surface area contributed by atoms with Crippen LogP contribution in [0, 0.1) is 15.9 Å². The Kier molecular flexibility index (Phi) is 4.60. The first-order chi connectivity index (χ1) is 13.5. The number of aromatic nitrogens is 2. The van der Waals surface area contributed by atoms with Crippen molar-refractivity contribution in [2.45, 2.75) is 25.9 Å². The topological polar surface area (TPSA) is 76.6 Å². The number of aryl methyl sites for hydroxylation is 1. The van der Waals surface area contributed by atoms with Crippen molar-refractivity contribution in [2.75, 3.05) is 5.01 Å². The summed E-state index contributed by atoms with van der Waals surface area (Å²) in [6, 6.07) is 12.5. The van der Waals surface area contributed by atoms with E-state index in [1.165, 1.54) is 24.3 Å². The first kappa shape index (κ1) is 17.8. The van der Waals surface area contributed by atoms with Crippen LogP contribution in [0.15, 0.2) is 66.0 Å². The van der Waals surface area contributed by atoms with Crippen molar-refractivity contribution < 1.29 is 9.31 Å². The average Bonchev–Trinajstić information content (AvgIpc) is 3.35. The van der Waals surface area contributed by atoms with Gasteiger partial charge in [-0.2, -0.15) is 10.2 Å². The third-order valence-electron chi connectivity index (χ3n) is 4.77. The van der Waals surface area contributed by atoms with Crippen molar-refractivity contribution in [3.05, 3.63) is 88.0 Å². The molecule has 28 heavy (non-hydrogen) atoms. The summed E-state index contributed by atoms with van der Waals surface area (Å²) in [5.74, 6) is -0.296. The van der Waals surface area contributed by atoms with Gasteiger partial charge in [-0.15, -0.1) is 0 Å². The summed E-state index contributed by atoms with van der Waals surface area (Å²) < 4.78 is 15.1. The number of nitro groups is 1. The predicted molar refractivity (Wildman–Crippen MR) is 104 cm³/mol. The number of halogens is 1. The van der Waals surface area contributed by atoms with Crippen molar-refractivity contribution in [3.63, 3.8) is 0 Å². The van der Waals surface area contributed by atoms with Gasteiger partial charge in [0, 0.05) is 36.9 Å². The maximum absolute atomic E-state index is 13.3. The average molecular weight is 379 g/mol. The third kappa shape index (κ3) is 3.36. The van der Waals surface area contributed by atoms with Gasteiger partial charge in [0.2, 0.25) is 0 Å². The maximum Gasteiger partial charge on any atom is 0.269 e. The summed E-state index contributed by atoms with van der Waals surface area (Å²) in [7, 11) is 0. The molecule has 1 aromatic heterocycles. The minimum Gasteiger partial charge on any atom is -0.273 e. The second kappa shape index (κ2) is 7.22. The molecular weight excluding hydrogens is 361 g/mol. The highest BCUT2D eigenvalue weighted by atomic mass is 19.1. The zero-order chi connectivity index (χ0) is 19.7. The minimum absolute atomic E-state index is 0.0287. The normalized spacial score (nSPS) is 16.3. The number of hydrogen-bond acceptors (Lipinski definition) is 5. The second-order valence-electron chi connectivity index (χ2n) is 6.52. The van der Waals surface area contributed by atoms with Gasteiger partial charge < -0.3 is 0 Å². The molecule has 0 fully saturated rings. The summed E-state index contributed by atoms with van der Waals surface area (Å²) in [4.78, 5) is 10.5. The van der Waals surface area contributed by atoms with E-state index in [0.717, 1.165) is 29.1 Å². The van der Waals surface area contributed by atoms with Gasteiger partial charge in [-0.1, -0.05) is 12.1 Å². The molecule has 142 valence electrons. The number of non-ortho nitro benzene ring substituents is 1. The Morgan fingerprint density at radius 2 is 1.89 bits per heavy atom. The molecule has 2 heterocycles. The van der Waals surface area contributed by atoms with Crippen LogP contribution in [0.5, 0.6) is 0 Å². The molecule has 1 aliphatic rings. The Bertz CT molecular complexity index is 1030. The highest BCUT2D eigenvalue weighted by Gasteiger charge is 2.31. The summed E-state index contributed by atoms with van der Waals surface area (Å²) in [6.07, 6.45) is 4.42. The van der Waals surface area contributed by atoms with Crippen LogP contribution in [0.25, 0.3) is 0 Å². The van der Waals surface area contributed by atoms with Crippen LogP contribution in [0.1, 0.15) is 30.5 Å². The fourth-order valence-electron chi connectivity index (χ4n) is 3.28. The molecule has 0 radical (unpaired) electrons. The van der Waals surface area contributed by atoms with Gasteiger partial charge in [-0.05, 0) is 36.8 Å². The van der Waals surface area contributed by atoms with Crippen LogP contribution in [0.3, 0.4) is 0 Å². The number of benzene rings is 2. The lowest BCUT2D eigenvalue weighted by molar-refractivity contribution is -0.384. The molecule has 0 aliphatic carbocycles. The zero-order valence-electron chi connectivity index (χ0n) is 15.2. The Hall–Kier alpha value is -3.55. The lowest BCUT2D eigenvalue weighted by Crippen LogP contribution is -2.18. The maximum atomic E-state index is 13.3. The number of hydrogen-bond donors (Lipinski definition) is 0. The van der Waals surface area contributed by atoms with Gasteiger partial charge in [0.15, 0.2) is 0 Å². The van der Waals surface area contributed by atoms with Crippen LogP contribution >= 0.6 is 0 Å². The predicted octanol–water partition coefficient (Wildman–Crippen LogP) is 4.31. The van der Waals surface area contributed by atoms with Crippen LogP contribution in [0.2, 0.25) is 0 Å². The monoisotopic (exact) mass is 379 g/mol. The van der Waals surface area contributed by atoms with E-state index < -0.39 is 4.92 Å². The zero-order valence-corrected chi connectivity index (χ0v) is 15.2. The van der Waals surface area contributed by atoms with E-state index >= 15 is 0 Å². The molecule has 0 saturated carbocycles. The van der Waals surface area contributed by atoms with Gasteiger partial charge in [-0.3, -0.25) is 19.8 Å². The van der Waals surface area contributed by atoms with E-state index in [0.29, 0.717) is 6.42 Å². The number of hydrazone groups is 1. The van der Waals surface area contributed by atoms with E-state index in [2.05, 4.69) is 5.10 Å². The molecular formula is C20H18FN5O2.